The van der Waals surface area contributed by atoms with E-state index in [9.17, 15) is 4.79 Å². The number of Topliss-reactive ketones (excluding diaryl/α,β-unsaturated/α-hetero) is 1. The first kappa shape index (κ1) is 12.7. The van der Waals surface area contributed by atoms with Crippen molar-refractivity contribution in [2.45, 2.75) is 38.5 Å². The minimum Gasteiger partial charge on any atom is -0.299 e. The average Bonchev–Trinajstić information content (AvgIpc) is 2.38. The van der Waals surface area contributed by atoms with Crippen LogP contribution in [-0.4, -0.2) is 5.78 Å². The predicted molar refractivity (Wildman–Crippen MR) is 77.9 cm³/mol. The Balaban J connectivity index is 1.86. The summed E-state index contributed by atoms with van der Waals surface area (Å²) in [6.45, 7) is 6.39. The van der Waals surface area contributed by atoms with Crippen molar-refractivity contribution in [1.82, 2.24) is 0 Å². The molecule has 2 saturated carbocycles. The SMILES string of the molecule is C=C1CC2C[C@H](C1)CC(=O)[C@@H]2[C@@H](C)c1ccccc1. The van der Waals surface area contributed by atoms with Gasteiger partial charge in [0.25, 0.3) is 0 Å². The van der Waals surface area contributed by atoms with Crippen LogP contribution in [0.2, 0.25) is 0 Å². The highest BCUT2D eigenvalue weighted by Gasteiger charge is 2.42. The van der Waals surface area contributed by atoms with Crippen LogP contribution < -0.4 is 0 Å². The van der Waals surface area contributed by atoms with Crippen molar-refractivity contribution in [2.24, 2.45) is 17.8 Å². The van der Waals surface area contributed by atoms with Crippen molar-refractivity contribution in [1.29, 1.82) is 0 Å². The van der Waals surface area contributed by atoms with Gasteiger partial charge in [-0.25, -0.2) is 0 Å². The molecule has 2 aliphatic rings. The fourth-order valence-corrected chi connectivity index (χ4v) is 4.22. The second-order valence-corrected chi connectivity index (χ2v) is 6.42. The van der Waals surface area contributed by atoms with Gasteiger partial charge in [-0.3, -0.25) is 4.79 Å². The second-order valence-electron chi connectivity index (χ2n) is 6.42. The van der Waals surface area contributed by atoms with Gasteiger partial charge in [0.15, 0.2) is 0 Å². The molecule has 2 bridgehead atoms. The van der Waals surface area contributed by atoms with Gasteiger partial charge in [0.1, 0.15) is 5.78 Å². The summed E-state index contributed by atoms with van der Waals surface area (Å²) in [5, 5.41) is 0. The topological polar surface area (TPSA) is 17.1 Å². The average molecular weight is 254 g/mol. The van der Waals surface area contributed by atoms with Crippen LogP contribution >= 0.6 is 0 Å². The summed E-state index contributed by atoms with van der Waals surface area (Å²) in [6, 6.07) is 10.5. The number of ketones is 1. The highest BCUT2D eigenvalue weighted by Crippen LogP contribution is 2.47. The second kappa shape index (κ2) is 4.96. The predicted octanol–water partition coefficient (Wildman–Crippen LogP) is 4.35. The molecule has 0 radical (unpaired) electrons. The summed E-state index contributed by atoms with van der Waals surface area (Å²) in [4.78, 5) is 12.5. The number of fused-ring (bicyclic) bond motifs is 2. The van der Waals surface area contributed by atoms with Crippen LogP contribution in [0.3, 0.4) is 0 Å². The molecule has 4 atom stereocenters. The van der Waals surface area contributed by atoms with E-state index in [1.54, 1.807) is 0 Å². The van der Waals surface area contributed by atoms with Crippen LogP contribution in [0, 0.1) is 17.8 Å². The monoisotopic (exact) mass is 254 g/mol. The van der Waals surface area contributed by atoms with Crippen molar-refractivity contribution in [2.75, 3.05) is 0 Å². The zero-order valence-corrected chi connectivity index (χ0v) is 11.6. The normalized spacial score (nSPS) is 32.2. The zero-order chi connectivity index (χ0) is 13.4. The van der Waals surface area contributed by atoms with E-state index in [4.69, 9.17) is 0 Å². The van der Waals surface area contributed by atoms with E-state index in [0.717, 1.165) is 19.3 Å². The van der Waals surface area contributed by atoms with Gasteiger partial charge >= 0.3 is 0 Å². The molecule has 0 aromatic heterocycles. The maximum absolute atomic E-state index is 12.5. The fourth-order valence-electron chi connectivity index (χ4n) is 4.22. The van der Waals surface area contributed by atoms with Crippen molar-refractivity contribution < 1.29 is 4.79 Å². The first-order valence-electron chi connectivity index (χ1n) is 7.39. The third-order valence-electron chi connectivity index (χ3n) is 5.00. The molecular weight excluding hydrogens is 232 g/mol. The molecule has 1 aromatic rings. The van der Waals surface area contributed by atoms with Gasteiger partial charge in [0.2, 0.25) is 0 Å². The maximum atomic E-state index is 12.5. The van der Waals surface area contributed by atoms with Crippen LogP contribution in [-0.2, 0) is 4.79 Å². The van der Waals surface area contributed by atoms with Gasteiger partial charge in [0.05, 0.1) is 0 Å². The maximum Gasteiger partial charge on any atom is 0.137 e. The number of carbonyl (C=O) groups excluding carboxylic acids is 1. The Kier molecular flexibility index (Phi) is 3.30. The van der Waals surface area contributed by atoms with Gasteiger partial charge in [-0.1, -0.05) is 49.4 Å². The Morgan fingerprint density at radius 1 is 1.16 bits per heavy atom. The minimum atomic E-state index is 0.204. The van der Waals surface area contributed by atoms with E-state index in [2.05, 4.69) is 37.8 Å². The molecule has 0 N–H and O–H groups in total. The van der Waals surface area contributed by atoms with Gasteiger partial charge in [0, 0.05) is 12.3 Å². The molecule has 2 aliphatic carbocycles. The Hall–Kier alpha value is -1.37. The van der Waals surface area contributed by atoms with Crippen molar-refractivity contribution >= 4 is 5.78 Å². The Labute approximate surface area is 115 Å². The lowest BCUT2D eigenvalue weighted by Crippen LogP contribution is -2.39. The summed E-state index contributed by atoms with van der Waals surface area (Å²) in [7, 11) is 0. The van der Waals surface area contributed by atoms with Crippen molar-refractivity contribution in [3.05, 3.63) is 48.0 Å². The Morgan fingerprint density at radius 3 is 2.63 bits per heavy atom. The van der Waals surface area contributed by atoms with Gasteiger partial charge in [-0.2, -0.15) is 0 Å². The van der Waals surface area contributed by atoms with Gasteiger partial charge in [-0.05, 0) is 42.6 Å². The zero-order valence-electron chi connectivity index (χ0n) is 11.6. The molecule has 3 rings (SSSR count). The van der Waals surface area contributed by atoms with Crippen LogP contribution in [0.25, 0.3) is 0 Å². The summed E-state index contributed by atoms with van der Waals surface area (Å²) in [6.07, 6.45) is 4.14. The highest BCUT2D eigenvalue weighted by molar-refractivity contribution is 5.83. The first-order valence-corrected chi connectivity index (χ1v) is 7.39. The third kappa shape index (κ3) is 2.39. The fraction of sp³-hybridized carbons (Fsp3) is 0.500. The van der Waals surface area contributed by atoms with Crippen molar-refractivity contribution in [3.8, 4) is 0 Å². The van der Waals surface area contributed by atoms with Gasteiger partial charge < -0.3 is 0 Å². The molecule has 100 valence electrons. The van der Waals surface area contributed by atoms with E-state index in [1.807, 2.05) is 6.07 Å². The molecule has 1 heteroatoms. The Bertz CT molecular complexity index is 488. The number of hydrogen-bond acceptors (Lipinski definition) is 1. The highest BCUT2D eigenvalue weighted by atomic mass is 16.1. The summed E-state index contributed by atoms with van der Waals surface area (Å²) < 4.78 is 0. The molecule has 2 fully saturated rings. The molecule has 0 spiro atoms. The lowest BCUT2D eigenvalue weighted by Gasteiger charge is -2.42. The molecule has 1 unspecified atom stereocenters. The lowest BCUT2D eigenvalue weighted by molar-refractivity contribution is -0.130. The molecule has 0 aliphatic heterocycles. The Morgan fingerprint density at radius 2 is 1.89 bits per heavy atom. The van der Waals surface area contributed by atoms with Crippen LogP contribution in [0.5, 0.6) is 0 Å². The standard InChI is InChI=1S/C18H22O/c1-12-8-14-10-16(9-12)18(17(19)11-14)13(2)15-6-4-3-5-7-15/h3-7,13-14,16,18H,1,8-11H2,2H3/t13-,14-,16?,18+/m0/s1. The van der Waals surface area contributed by atoms with Crippen LogP contribution in [0.1, 0.15) is 44.1 Å². The van der Waals surface area contributed by atoms with Gasteiger partial charge in [-0.15, -0.1) is 0 Å². The summed E-state index contributed by atoms with van der Waals surface area (Å²) in [5.41, 5.74) is 2.66. The number of hydrogen-bond donors (Lipinski definition) is 0. The number of allylic oxidation sites excluding steroid dienone is 1. The summed E-state index contributed by atoms with van der Waals surface area (Å²) in [5.74, 6) is 2.15. The molecule has 0 heterocycles. The molecule has 1 aromatic carbocycles. The number of rotatable bonds is 2. The largest absolute Gasteiger partial charge is 0.299 e. The molecule has 0 amide bonds. The molecule has 1 nitrogen and oxygen atoms in total. The first-order chi connectivity index (χ1) is 9.15. The van der Waals surface area contributed by atoms with Crippen LogP contribution in [0.15, 0.2) is 42.5 Å². The van der Waals surface area contributed by atoms with E-state index in [1.165, 1.54) is 17.6 Å². The summed E-state index contributed by atoms with van der Waals surface area (Å²) >= 11 is 0. The minimum absolute atomic E-state index is 0.204. The van der Waals surface area contributed by atoms with E-state index < -0.39 is 0 Å². The molecular formula is C18H22O. The quantitative estimate of drug-likeness (QED) is 0.717. The molecule has 19 heavy (non-hydrogen) atoms. The van der Waals surface area contributed by atoms with E-state index >= 15 is 0 Å². The molecule has 0 saturated heterocycles. The number of benzene rings is 1. The van der Waals surface area contributed by atoms with Crippen molar-refractivity contribution in [3.63, 3.8) is 0 Å². The smallest absolute Gasteiger partial charge is 0.137 e. The van der Waals surface area contributed by atoms with E-state index in [-0.39, 0.29) is 5.92 Å². The van der Waals surface area contributed by atoms with E-state index in [0.29, 0.717) is 23.5 Å². The van der Waals surface area contributed by atoms with Crippen LogP contribution in [0.4, 0.5) is 0 Å². The lowest BCUT2D eigenvalue weighted by atomic mass is 9.61. The number of carbonyl (C=O) groups is 1. The third-order valence-corrected chi connectivity index (χ3v) is 5.00.